The molecule has 0 amide bonds. The number of aryl methyl sites for hydroxylation is 1. The van der Waals surface area contributed by atoms with E-state index in [9.17, 15) is 13.2 Å². The maximum Gasteiger partial charge on any atom is 0.295 e. The van der Waals surface area contributed by atoms with Crippen molar-refractivity contribution in [2.45, 2.75) is 62.9 Å². The summed E-state index contributed by atoms with van der Waals surface area (Å²) in [6.45, 7) is 4.93. The van der Waals surface area contributed by atoms with Gasteiger partial charge in [0.05, 0.1) is 46.4 Å². The molecule has 0 radical (unpaired) electrons. The van der Waals surface area contributed by atoms with Crippen LogP contribution in [0.2, 0.25) is 0 Å². The Bertz CT molecular complexity index is 1740. The number of fused-ring (bicyclic) bond motifs is 1. The van der Waals surface area contributed by atoms with Gasteiger partial charge in [-0.1, -0.05) is 26.0 Å². The second-order valence-electron chi connectivity index (χ2n) is 10.2. The lowest BCUT2D eigenvalue weighted by atomic mass is 10.1. The van der Waals surface area contributed by atoms with Crippen LogP contribution in [0.15, 0.2) is 46.5 Å². The van der Waals surface area contributed by atoms with E-state index >= 15 is 0 Å². The summed E-state index contributed by atoms with van der Waals surface area (Å²) >= 11 is 0. The highest BCUT2D eigenvalue weighted by atomic mass is 32.2. The van der Waals surface area contributed by atoms with Crippen molar-refractivity contribution in [3.63, 3.8) is 0 Å². The van der Waals surface area contributed by atoms with Crippen LogP contribution in [0.5, 0.6) is 0 Å². The van der Waals surface area contributed by atoms with E-state index in [2.05, 4.69) is 25.3 Å². The van der Waals surface area contributed by atoms with Crippen LogP contribution in [0, 0.1) is 0 Å². The number of sulfone groups is 1. The number of nitrogens with zero attached hydrogens (tertiary/aromatic N) is 6. The third kappa shape index (κ3) is 4.97. The monoisotopic (exact) mass is 563 g/mol. The molecule has 11 nitrogen and oxygen atoms in total. The average molecular weight is 564 g/mol. The Morgan fingerprint density at radius 1 is 1.07 bits per heavy atom. The van der Waals surface area contributed by atoms with Crippen molar-refractivity contribution >= 4 is 26.8 Å². The summed E-state index contributed by atoms with van der Waals surface area (Å²) in [5.74, 6) is 1.10. The van der Waals surface area contributed by atoms with Crippen molar-refractivity contribution in [2.75, 3.05) is 24.3 Å². The van der Waals surface area contributed by atoms with Crippen LogP contribution in [-0.4, -0.2) is 56.9 Å². The molecule has 2 aliphatic rings. The number of benzene rings is 1. The maximum absolute atomic E-state index is 13.8. The Morgan fingerprint density at radius 2 is 1.88 bits per heavy atom. The lowest BCUT2D eigenvalue weighted by Gasteiger charge is -2.18. The van der Waals surface area contributed by atoms with Gasteiger partial charge in [0.1, 0.15) is 11.8 Å². The van der Waals surface area contributed by atoms with Gasteiger partial charge >= 0.3 is 0 Å². The molecule has 0 unspecified atom stereocenters. The van der Waals surface area contributed by atoms with Crippen molar-refractivity contribution in [2.24, 2.45) is 0 Å². The first kappa shape index (κ1) is 26.5. The Balaban J connectivity index is 0.00000337. The minimum Gasteiger partial charge on any atom is -0.379 e. The molecule has 1 saturated carbocycles. The second-order valence-corrected chi connectivity index (χ2v) is 12.4. The van der Waals surface area contributed by atoms with E-state index in [-0.39, 0.29) is 29.5 Å². The third-order valence-corrected chi connectivity index (χ3v) is 9.25. The predicted octanol–water partition coefficient (Wildman–Crippen LogP) is 3.70. The second kappa shape index (κ2) is 10.7. The van der Waals surface area contributed by atoms with Gasteiger partial charge in [0, 0.05) is 20.5 Å². The molecule has 1 aliphatic heterocycles. The fraction of sp³-hybridized carbons (Fsp3) is 0.429. The fourth-order valence-corrected chi connectivity index (χ4v) is 5.97. The van der Waals surface area contributed by atoms with Crippen LogP contribution >= 0.6 is 0 Å². The molecule has 0 bridgehead atoms. The highest BCUT2D eigenvalue weighted by Gasteiger charge is 2.31. The molecule has 1 aliphatic carbocycles. The first-order valence-corrected chi connectivity index (χ1v) is 15.3. The zero-order valence-corrected chi connectivity index (χ0v) is 23.3. The van der Waals surface area contributed by atoms with Crippen LogP contribution in [0.25, 0.3) is 22.6 Å². The van der Waals surface area contributed by atoms with Crippen LogP contribution in [-0.2, 0) is 27.5 Å². The molecule has 2 fully saturated rings. The van der Waals surface area contributed by atoms with Crippen molar-refractivity contribution < 1.29 is 14.6 Å². The van der Waals surface area contributed by atoms with Gasteiger partial charge in [-0.25, -0.2) is 33.3 Å². The molecule has 4 heterocycles. The summed E-state index contributed by atoms with van der Waals surface area (Å²) in [6, 6.07) is 6.46. The van der Waals surface area contributed by atoms with Crippen LogP contribution in [0.4, 0.5) is 5.82 Å². The topological polar surface area (TPSA) is 142 Å². The van der Waals surface area contributed by atoms with Gasteiger partial charge in [-0.05, 0) is 43.4 Å². The maximum atomic E-state index is 13.8. The van der Waals surface area contributed by atoms with Gasteiger partial charge < -0.3 is 10.1 Å². The van der Waals surface area contributed by atoms with Gasteiger partial charge in [-0.3, -0.25) is 9.36 Å². The first-order chi connectivity index (χ1) is 19.4. The molecule has 1 atom stereocenters. The summed E-state index contributed by atoms with van der Waals surface area (Å²) in [5.41, 5.74) is 4.18. The van der Waals surface area contributed by atoms with Crippen molar-refractivity contribution in [1.29, 1.82) is 0 Å². The highest BCUT2D eigenvalue weighted by molar-refractivity contribution is 7.91. The lowest BCUT2D eigenvalue weighted by Crippen LogP contribution is -2.30. The van der Waals surface area contributed by atoms with E-state index in [1.807, 2.05) is 6.92 Å². The third-order valence-electron chi connectivity index (χ3n) is 7.50. The Morgan fingerprint density at radius 3 is 2.55 bits per heavy atom. The molecule has 0 spiro atoms. The first-order valence-electron chi connectivity index (χ1n) is 13.7. The van der Waals surface area contributed by atoms with Crippen molar-refractivity contribution in [1.82, 2.24) is 29.5 Å². The average Bonchev–Trinajstić information content (AvgIpc) is 3.69. The fourth-order valence-electron chi connectivity index (χ4n) is 5.08. The summed E-state index contributed by atoms with van der Waals surface area (Å²) < 4.78 is 31.6. The van der Waals surface area contributed by atoms with Gasteiger partial charge in [0.2, 0.25) is 0 Å². The molecule has 12 heteroatoms. The molecule has 40 heavy (non-hydrogen) atoms. The molecule has 1 N–H and O–H groups in total. The quantitative estimate of drug-likeness (QED) is 0.320. The number of hydrogen-bond donors (Lipinski definition) is 1. The molecule has 1 saturated heterocycles. The number of aromatic nitrogens is 6. The lowest BCUT2D eigenvalue weighted by molar-refractivity contribution is 0.186. The molecule has 1 aromatic carbocycles. The molecule has 6 rings (SSSR count). The Hall–Kier alpha value is -3.77. The zero-order chi connectivity index (χ0) is 27.9. The highest BCUT2D eigenvalue weighted by Crippen LogP contribution is 2.43. The smallest absolute Gasteiger partial charge is 0.295 e. The van der Waals surface area contributed by atoms with E-state index < -0.39 is 9.84 Å². The SMILES string of the molecule is CCc1ncnc(C2CC2)c1-c1ncc2nc(NCc3ccc(S(=O)(=O)CC)cc3)c(=O)n([C@H]3CCOC3)c2n1.[HH]. The standard InChI is InChI=1S/C28H31N7O4S.H2/c1-3-21-23(24(18-7-8-18)32-16-31-21)25-30-14-22-27(34-25)35(19-11-12-39-15-19)28(36)26(33-22)29-13-17-5-9-20(10-6-17)40(37,38)4-2;/h5-6,9-10,14,16,18-19H,3-4,7-8,11-13,15H2,1-2H3,(H,29,33);1H/t19-;/m0./s1. The van der Waals surface area contributed by atoms with Crippen LogP contribution in [0.3, 0.4) is 0 Å². The van der Waals surface area contributed by atoms with Gasteiger partial charge in [0.25, 0.3) is 5.56 Å². The van der Waals surface area contributed by atoms with E-state index in [4.69, 9.17) is 9.72 Å². The van der Waals surface area contributed by atoms with Crippen molar-refractivity contribution in [3.8, 4) is 11.4 Å². The van der Waals surface area contributed by atoms with Crippen molar-refractivity contribution in [3.05, 3.63) is 64.1 Å². The summed E-state index contributed by atoms with van der Waals surface area (Å²) in [6.07, 6.45) is 6.83. The largest absolute Gasteiger partial charge is 0.379 e. The molecule has 3 aromatic heterocycles. The van der Waals surface area contributed by atoms with Gasteiger partial charge in [-0.2, -0.15) is 0 Å². The Labute approximate surface area is 233 Å². The normalized spacial score (nSPS) is 17.4. The zero-order valence-electron chi connectivity index (χ0n) is 22.5. The number of rotatable bonds is 9. The van der Waals surface area contributed by atoms with Gasteiger partial charge in [-0.15, -0.1) is 0 Å². The minimum atomic E-state index is -3.28. The molecule has 4 aromatic rings. The van der Waals surface area contributed by atoms with Gasteiger partial charge in [0.15, 0.2) is 27.1 Å². The Kier molecular flexibility index (Phi) is 7.05. The van der Waals surface area contributed by atoms with Crippen LogP contribution < -0.4 is 10.9 Å². The number of ether oxygens (including phenoxy) is 1. The summed E-state index contributed by atoms with van der Waals surface area (Å²) in [5, 5.41) is 3.14. The predicted molar refractivity (Wildman–Crippen MR) is 152 cm³/mol. The number of anilines is 1. The number of hydrogen-bond acceptors (Lipinski definition) is 10. The van der Waals surface area contributed by atoms with E-state index in [1.165, 1.54) is 0 Å². The molecular formula is C28H33N7O4S. The number of nitrogens with one attached hydrogen (secondary N) is 1. The van der Waals surface area contributed by atoms with E-state index in [0.717, 1.165) is 35.4 Å². The molecular weight excluding hydrogens is 530 g/mol. The molecule has 210 valence electrons. The van der Waals surface area contributed by atoms with E-state index in [0.29, 0.717) is 55.5 Å². The minimum absolute atomic E-state index is 0. The van der Waals surface area contributed by atoms with E-state index in [1.54, 1.807) is 48.3 Å². The van der Waals surface area contributed by atoms with Crippen LogP contribution in [0.1, 0.15) is 63.4 Å². The summed E-state index contributed by atoms with van der Waals surface area (Å²) in [4.78, 5) is 37.3. The summed E-state index contributed by atoms with van der Waals surface area (Å²) in [7, 11) is -3.28.